The molecule has 1 aromatic heterocycles. The lowest BCUT2D eigenvalue weighted by atomic mass is 10.2. The monoisotopic (exact) mass is 313 g/mol. The van der Waals surface area contributed by atoms with Gasteiger partial charge in [-0.1, -0.05) is 6.07 Å². The van der Waals surface area contributed by atoms with Crippen molar-refractivity contribution in [2.75, 3.05) is 25.5 Å². The van der Waals surface area contributed by atoms with Gasteiger partial charge in [0.25, 0.3) is 0 Å². The van der Waals surface area contributed by atoms with Crippen LogP contribution in [0.15, 0.2) is 42.6 Å². The molecule has 0 unspecified atom stereocenters. The summed E-state index contributed by atoms with van der Waals surface area (Å²) in [7, 11) is 1.60. The molecule has 0 atom stereocenters. The molecule has 0 saturated carbocycles. The molecule has 3 rings (SSSR count). The Morgan fingerprint density at radius 1 is 1.26 bits per heavy atom. The number of ether oxygens (including phenoxy) is 2. The largest absolute Gasteiger partial charge is 0.497 e. The molecule has 0 bridgehead atoms. The van der Waals surface area contributed by atoms with E-state index >= 15 is 0 Å². The lowest BCUT2D eigenvalue weighted by molar-refractivity contribution is 0.0492. The van der Waals surface area contributed by atoms with Crippen LogP contribution in [0.5, 0.6) is 11.5 Å². The third-order valence-corrected chi connectivity index (χ3v) is 3.63. The Bertz CT molecular complexity index is 699. The maximum absolute atomic E-state index is 12.2. The van der Waals surface area contributed by atoms with Crippen LogP contribution < -0.4 is 14.8 Å². The number of anilines is 1. The van der Waals surface area contributed by atoms with E-state index in [0.717, 1.165) is 11.4 Å². The molecule has 2 heterocycles. The Balaban J connectivity index is 1.49. The van der Waals surface area contributed by atoms with Gasteiger partial charge in [0, 0.05) is 29.7 Å². The van der Waals surface area contributed by atoms with Crippen LogP contribution in [0.3, 0.4) is 0 Å². The van der Waals surface area contributed by atoms with Crippen LogP contribution in [0.2, 0.25) is 0 Å². The molecule has 1 aliphatic heterocycles. The van der Waals surface area contributed by atoms with E-state index in [2.05, 4.69) is 10.3 Å². The highest BCUT2D eigenvalue weighted by Crippen LogP contribution is 2.21. The first kappa shape index (κ1) is 15.1. The van der Waals surface area contributed by atoms with Crippen molar-refractivity contribution in [3.05, 3.63) is 48.3 Å². The van der Waals surface area contributed by atoms with Crippen LogP contribution in [-0.2, 0) is 0 Å². The van der Waals surface area contributed by atoms with Gasteiger partial charge >= 0.3 is 6.03 Å². The molecule has 0 radical (unpaired) electrons. The Morgan fingerprint density at radius 2 is 2.09 bits per heavy atom. The highest BCUT2D eigenvalue weighted by Gasteiger charge is 2.32. The average molecular weight is 313 g/mol. The molecule has 2 amide bonds. The number of aromatic nitrogens is 1. The summed E-state index contributed by atoms with van der Waals surface area (Å²) in [5.41, 5.74) is 1.62. The maximum Gasteiger partial charge on any atom is 0.322 e. The quantitative estimate of drug-likeness (QED) is 0.942. The number of rotatable bonds is 4. The molecule has 1 saturated heterocycles. The Morgan fingerprint density at radius 3 is 2.83 bits per heavy atom. The highest BCUT2D eigenvalue weighted by atomic mass is 16.5. The summed E-state index contributed by atoms with van der Waals surface area (Å²) in [6, 6.07) is 10.9. The number of carbonyl (C=O) groups excluding carboxylic acids is 1. The first-order valence-electron chi connectivity index (χ1n) is 7.43. The molecule has 0 aliphatic carbocycles. The smallest absolute Gasteiger partial charge is 0.322 e. The van der Waals surface area contributed by atoms with Gasteiger partial charge in [0.2, 0.25) is 0 Å². The van der Waals surface area contributed by atoms with Gasteiger partial charge in [-0.3, -0.25) is 4.98 Å². The maximum atomic E-state index is 12.2. The molecular formula is C17H19N3O3. The number of benzene rings is 1. The van der Waals surface area contributed by atoms with Gasteiger partial charge < -0.3 is 19.7 Å². The van der Waals surface area contributed by atoms with Crippen molar-refractivity contribution in [3.63, 3.8) is 0 Å². The van der Waals surface area contributed by atoms with Crippen molar-refractivity contribution in [1.82, 2.24) is 9.88 Å². The summed E-state index contributed by atoms with van der Waals surface area (Å²) in [5, 5.41) is 2.85. The molecule has 0 spiro atoms. The lowest BCUT2D eigenvalue weighted by Gasteiger charge is -2.38. The van der Waals surface area contributed by atoms with E-state index in [0.29, 0.717) is 24.5 Å². The molecule has 6 heteroatoms. The van der Waals surface area contributed by atoms with Crippen molar-refractivity contribution in [1.29, 1.82) is 0 Å². The Labute approximate surface area is 135 Å². The number of likely N-dealkylation sites (tertiary alicyclic amines) is 1. The van der Waals surface area contributed by atoms with Gasteiger partial charge in [-0.15, -0.1) is 0 Å². The lowest BCUT2D eigenvalue weighted by Crippen LogP contribution is -2.57. The zero-order valence-electron chi connectivity index (χ0n) is 13.2. The second-order valence-corrected chi connectivity index (χ2v) is 5.44. The van der Waals surface area contributed by atoms with Crippen LogP contribution in [0.1, 0.15) is 5.69 Å². The van der Waals surface area contributed by atoms with Crippen molar-refractivity contribution in [2.24, 2.45) is 0 Å². The van der Waals surface area contributed by atoms with Crippen LogP contribution in [-0.4, -0.2) is 42.2 Å². The predicted octanol–water partition coefficient (Wildman–Crippen LogP) is 2.69. The van der Waals surface area contributed by atoms with Gasteiger partial charge in [-0.25, -0.2) is 4.79 Å². The first-order valence-corrected chi connectivity index (χ1v) is 7.43. The fourth-order valence-corrected chi connectivity index (χ4v) is 2.37. The number of amides is 2. The topological polar surface area (TPSA) is 63.7 Å². The van der Waals surface area contributed by atoms with E-state index in [1.54, 1.807) is 24.3 Å². The van der Waals surface area contributed by atoms with E-state index in [1.165, 1.54) is 0 Å². The standard InChI is InChI=1S/C17H19N3O3/c1-12-8-15(6-7-18-12)23-16-10-20(11-16)17(21)19-13-4-3-5-14(9-13)22-2/h3-9,16H,10-11H2,1-2H3,(H,19,21). The summed E-state index contributed by atoms with van der Waals surface area (Å²) in [6.45, 7) is 3.05. The van der Waals surface area contributed by atoms with Gasteiger partial charge in [0.05, 0.1) is 20.2 Å². The molecule has 120 valence electrons. The second kappa shape index (κ2) is 6.56. The first-order chi connectivity index (χ1) is 11.1. The second-order valence-electron chi connectivity index (χ2n) is 5.44. The zero-order valence-corrected chi connectivity index (χ0v) is 13.2. The average Bonchev–Trinajstić information content (AvgIpc) is 2.50. The third kappa shape index (κ3) is 3.71. The minimum absolute atomic E-state index is 0.0212. The van der Waals surface area contributed by atoms with E-state index in [1.807, 2.05) is 37.3 Å². The molecular weight excluding hydrogens is 294 g/mol. The van der Waals surface area contributed by atoms with E-state index in [4.69, 9.17) is 9.47 Å². The number of nitrogens with one attached hydrogen (secondary N) is 1. The molecule has 6 nitrogen and oxygen atoms in total. The van der Waals surface area contributed by atoms with Crippen LogP contribution in [0.25, 0.3) is 0 Å². The molecule has 23 heavy (non-hydrogen) atoms. The number of pyridine rings is 1. The minimum atomic E-state index is -0.135. The number of methoxy groups -OCH3 is 1. The van der Waals surface area contributed by atoms with E-state index in [9.17, 15) is 4.79 Å². The number of urea groups is 1. The number of aryl methyl sites for hydroxylation is 1. The summed E-state index contributed by atoms with van der Waals surface area (Å²) >= 11 is 0. The number of hydrogen-bond donors (Lipinski definition) is 1. The molecule has 1 aromatic carbocycles. The Hall–Kier alpha value is -2.76. The normalized spacial score (nSPS) is 14.1. The van der Waals surface area contributed by atoms with Crippen LogP contribution in [0.4, 0.5) is 10.5 Å². The summed E-state index contributed by atoms with van der Waals surface area (Å²) < 4.78 is 11.0. The van der Waals surface area contributed by atoms with E-state index in [-0.39, 0.29) is 12.1 Å². The van der Waals surface area contributed by atoms with Crippen LogP contribution in [0, 0.1) is 6.92 Å². The molecule has 1 fully saturated rings. The van der Waals surface area contributed by atoms with Gasteiger partial charge in [-0.05, 0) is 25.1 Å². The third-order valence-electron chi connectivity index (χ3n) is 3.63. The molecule has 2 aromatic rings. The SMILES string of the molecule is COc1cccc(NC(=O)N2CC(Oc3ccnc(C)c3)C2)c1. The van der Waals surface area contributed by atoms with Gasteiger partial charge in [0.15, 0.2) is 0 Å². The fraction of sp³-hybridized carbons (Fsp3) is 0.294. The van der Waals surface area contributed by atoms with Gasteiger partial charge in [0.1, 0.15) is 17.6 Å². The molecule has 1 aliphatic rings. The fourth-order valence-electron chi connectivity index (χ4n) is 2.37. The minimum Gasteiger partial charge on any atom is -0.497 e. The van der Waals surface area contributed by atoms with Gasteiger partial charge in [-0.2, -0.15) is 0 Å². The van der Waals surface area contributed by atoms with E-state index < -0.39 is 0 Å². The highest BCUT2D eigenvalue weighted by molar-refractivity contribution is 5.90. The summed E-state index contributed by atoms with van der Waals surface area (Å²) in [4.78, 5) is 18.0. The van der Waals surface area contributed by atoms with Crippen molar-refractivity contribution in [2.45, 2.75) is 13.0 Å². The number of carbonyl (C=O) groups is 1. The summed E-state index contributed by atoms with van der Waals surface area (Å²) in [6.07, 6.45) is 1.74. The Kier molecular flexibility index (Phi) is 4.32. The number of hydrogen-bond acceptors (Lipinski definition) is 4. The van der Waals surface area contributed by atoms with Crippen LogP contribution >= 0.6 is 0 Å². The zero-order chi connectivity index (χ0) is 16.2. The van der Waals surface area contributed by atoms with Crippen molar-refractivity contribution < 1.29 is 14.3 Å². The van der Waals surface area contributed by atoms with Crippen molar-refractivity contribution >= 4 is 11.7 Å². The predicted molar refractivity (Wildman–Crippen MR) is 87.0 cm³/mol. The summed E-state index contributed by atoms with van der Waals surface area (Å²) in [5.74, 6) is 1.50. The van der Waals surface area contributed by atoms with Crippen molar-refractivity contribution in [3.8, 4) is 11.5 Å². The number of nitrogens with zero attached hydrogens (tertiary/aromatic N) is 2. The molecule has 1 N–H and O–H groups in total.